The number of para-hydroxylation sites is 1. The Bertz CT molecular complexity index is 830. The minimum absolute atomic E-state index is 0.0258. The second-order valence-corrected chi connectivity index (χ2v) is 7.41. The van der Waals surface area contributed by atoms with Crippen LogP contribution in [0.1, 0.15) is 37.9 Å². The van der Waals surface area contributed by atoms with Crippen LogP contribution in [0.25, 0.3) is 0 Å². The van der Waals surface area contributed by atoms with Crippen LogP contribution in [0, 0.1) is 0 Å². The number of carbonyl (C=O) groups is 1. The lowest BCUT2D eigenvalue weighted by atomic mass is 10.0. The van der Waals surface area contributed by atoms with E-state index in [-0.39, 0.29) is 17.5 Å². The van der Waals surface area contributed by atoms with Gasteiger partial charge in [-0.25, -0.2) is 0 Å². The number of aryl methyl sites for hydroxylation is 2. The quantitative estimate of drug-likeness (QED) is 0.745. The first kappa shape index (κ1) is 20.2. The van der Waals surface area contributed by atoms with Gasteiger partial charge in [-0.15, -0.1) is 0 Å². The van der Waals surface area contributed by atoms with Crippen molar-refractivity contribution in [3.05, 3.63) is 62.5 Å². The molecule has 0 aliphatic carbocycles. The number of methoxy groups -OCH3 is 1. The van der Waals surface area contributed by atoms with E-state index in [1.54, 1.807) is 20.2 Å². The first-order valence-corrected chi connectivity index (χ1v) is 9.45. The number of benzene rings is 1. The Labute approximate surface area is 162 Å². The van der Waals surface area contributed by atoms with Crippen LogP contribution in [0.5, 0.6) is 5.75 Å². The Morgan fingerprint density at radius 3 is 2.58 bits per heavy atom. The van der Waals surface area contributed by atoms with Crippen molar-refractivity contribution in [2.24, 2.45) is 0 Å². The third-order valence-corrected chi connectivity index (χ3v) is 4.73. The molecule has 1 atom stereocenters. The minimum Gasteiger partial charge on any atom is -0.496 e. The highest BCUT2D eigenvalue weighted by Gasteiger charge is 2.18. The molecule has 0 saturated carbocycles. The summed E-state index contributed by atoms with van der Waals surface area (Å²) in [5.74, 6) is 0.681. The maximum Gasteiger partial charge on any atom is 0.265 e. The summed E-state index contributed by atoms with van der Waals surface area (Å²) in [7, 11) is 1.66. The highest BCUT2D eigenvalue weighted by molar-refractivity contribution is 9.10. The SMILES string of the molecule is COc1ccccc1CCc1cc(Br)c(=O)n(C(C)C(=O)NC(C)C)c1. The summed E-state index contributed by atoms with van der Waals surface area (Å²) in [6.07, 6.45) is 3.28. The summed E-state index contributed by atoms with van der Waals surface area (Å²) in [5, 5.41) is 2.85. The normalized spacial score (nSPS) is 12.1. The number of halogens is 1. The molecule has 1 unspecified atom stereocenters. The van der Waals surface area contributed by atoms with E-state index in [0.29, 0.717) is 4.47 Å². The van der Waals surface area contributed by atoms with Crippen LogP contribution >= 0.6 is 15.9 Å². The number of hydrogen-bond acceptors (Lipinski definition) is 3. The van der Waals surface area contributed by atoms with E-state index in [1.807, 2.05) is 44.2 Å². The predicted octanol–water partition coefficient (Wildman–Crippen LogP) is 3.49. The van der Waals surface area contributed by atoms with Gasteiger partial charge in [0.2, 0.25) is 5.91 Å². The Morgan fingerprint density at radius 2 is 1.92 bits per heavy atom. The van der Waals surface area contributed by atoms with Crippen molar-refractivity contribution < 1.29 is 9.53 Å². The second kappa shape index (κ2) is 9.03. The third kappa shape index (κ3) is 4.97. The molecule has 0 fully saturated rings. The molecule has 6 heteroatoms. The fourth-order valence-corrected chi connectivity index (χ4v) is 3.27. The van der Waals surface area contributed by atoms with Crippen molar-refractivity contribution in [3.63, 3.8) is 0 Å². The van der Waals surface area contributed by atoms with Gasteiger partial charge in [0, 0.05) is 12.2 Å². The average molecular weight is 421 g/mol. The molecule has 1 N–H and O–H groups in total. The van der Waals surface area contributed by atoms with E-state index >= 15 is 0 Å². The highest BCUT2D eigenvalue weighted by Crippen LogP contribution is 2.20. The zero-order valence-electron chi connectivity index (χ0n) is 15.6. The molecule has 1 amide bonds. The van der Waals surface area contributed by atoms with E-state index in [2.05, 4.69) is 21.2 Å². The molecule has 5 nitrogen and oxygen atoms in total. The molecule has 26 heavy (non-hydrogen) atoms. The number of nitrogens with zero attached hydrogens (tertiary/aromatic N) is 1. The Kier molecular flexibility index (Phi) is 7.03. The summed E-state index contributed by atoms with van der Waals surface area (Å²) in [6, 6.07) is 9.15. The van der Waals surface area contributed by atoms with Crippen molar-refractivity contribution in [2.75, 3.05) is 7.11 Å². The van der Waals surface area contributed by atoms with Crippen LogP contribution in [0.3, 0.4) is 0 Å². The second-order valence-electron chi connectivity index (χ2n) is 6.56. The molecule has 1 heterocycles. The predicted molar refractivity (Wildman–Crippen MR) is 107 cm³/mol. The fraction of sp³-hybridized carbons (Fsp3) is 0.400. The molecule has 0 aliphatic rings. The molecule has 140 valence electrons. The standard InChI is InChI=1S/C20H25BrN2O3/c1-13(2)22-19(24)14(3)23-12-15(11-17(21)20(23)25)9-10-16-7-5-6-8-18(16)26-4/h5-8,11-14H,9-10H2,1-4H3,(H,22,24). The van der Waals surface area contributed by atoms with Crippen LogP contribution in [-0.2, 0) is 17.6 Å². The van der Waals surface area contributed by atoms with Crippen molar-refractivity contribution >= 4 is 21.8 Å². The number of hydrogen-bond donors (Lipinski definition) is 1. The Balaban J connectivity index is 2.24. The zero-order valence-corrected chi connectivity index (χ0v) is 17.2. The number of ether oxygens (including phenoxy) is 1. The van der Waals surface area contributed by atoms with Gasteiger partial charge in [-0.1, -0.05) is 18.2 Å². The van der Waals surface area contributed by atoms with Crippen LogP contribution in [0.4, 0.5) is 0 Å². The molecular weight excluding hydrogens is 396 g/mol. The van der Waals surface area contributed by atoms with Gasteiger partial charge in [-0.2, -0.15) is 0 Å². The van der Waals surface area contributed by atoms with Crippen molar-refractivity contribution in [3.8, 4) is 5.75 Å². The van der Waals surface area contributed by atoms with Crippen molar-refractivity contribution in [1.82, 2.24) is 9.88 Å². The summed E-state index contributed by atoms with van der Waals surface area (Å²) < 4.78 is 7.33. The van der Waals surface area contributed by atoms with E-state index in [1.165, 1.54) is 4.57 Å². The van der Waals surface area contributed by atoms with Crippen molar-refractivity contribution in [1.29, 1.82) is 0 Å². The summed E-state index contributed by atoms with van der Waals surface area (Å²) in [4.78, 5) is 24.7. The monoisotopic (exact) mass is 420 g/mol. The van der Waals surface area contributed by atoms with Crippen LogP contribution < -0.4 is 15.6 Å². The molecule has 1 aromatic carbocycles. The van der Waals surface area contributed by atoms with Crippen LogP contribution in [0.2, 0.25) is 0 Å². The van der Waals surface area contributed by atoms with E-state index < -0.39 is 6.04 Å². The summed E-state index contributed by atoms with van der Waals surface area (Å²) >= 11 is 3.33. The molecule has 2 rings (SSSR count). The number of carbonyl (C=O) groups excluding carboxylic acids is 1. The maximum absolute atomic E-state index is 12.4. The number of nitrogens with one attached hydrogen (secondary N) is 1. The van der Waals surface area contributed by atoms with Gasteiger partial charge in [0.1, 0.15) is 11.8 Å². The first-order valence-electron chi connectivity index (χ1n) is 8.66. The van der Waals surface area contributed by atoms with Crippen molar-refractivity contribution in [2.45, 2.75) is 45.7 Å². The number of aromatic nitrogens is 1. The molecule has 0 spiro atoms. The molecule has 0 saturated heterocycles. The number of rotatable bonds is 7. The van der Waals surface area contributed by atoms with Crippen LogP contribution in [0.15, 0.2) is 45.8 Å². The summed E-state index contributed by atoms with van der Waals surface area (Å²) in [6.45, 7) is 5.52. The molecule has 2 aromatic rings. The fourth-order valence-electron chi connectivity index (χ4n) is 2.77. The smallest absolute Gasteiger partial charge is 0.265 e. The van der Waals surface area contributed by atoms with E-state index in [0.717, 1.165) is 29.7 Å². The maximum atomic E-state index is 12.4. The largest absolute Gasteiger partial charge is 0.496 e. The zero-order chi connectivity index (χ0) is 19.3. The minimum atomic E-state index is -0.576. The summed E-state index contributed by atoms with van der Waals surface area (Å²) in [5.41, 5.74) is 1.87. The Morgan fingerprint density at radius 1 is 1.23 bits per heavy atom. The van der Waals surface area contributed by atoms with Gasteiger partial charge in [0.05, 0.1) is 11.6 Å². The lowest BCUT2D eigenvalue weighted by Gasteiger charge is -2.18. The molecule has 1 aromatic heterocycles. The van der Waals surface area contributed by atoms with Crippen LogP contribution in [-0.4, -0.2) is 23.6 Å². The Hall–Kier alpha value is -2.08. The first-order chi connectivity index (χ1) is 12.3. The van der Waals surface area contributed by atoms with E-state index in [9.17, 15) is 9.59 Å². The number of amides is 1. The molecule has 0 radical (unpaired) electrons. The van der Waals surface area contributed by atoms with Gasteiger partial charge in [-0.3, -0.25) is 9.59 Å². The lowest BCUT2D eigenvalue weighted by Crippen LogP contribution is -2.39. The third-order valence-electron chi connectivity index (χ3n) is 4.16. The van der Waals surface area contributed by atoms with Gasteiger partial charge in [-0.05, 0) is 72.8 Å². The van der Waals surface area contributed by atoms with Gasteiger partial charge in [0.25, 0.3) is 5.56 Å². The molecule has 0 aliphatic heterocycles. The molecular formula is C20H25BrN2O3. The highest BCUT2D eigenvalue weighted by atomic mass is 79.9. The van der Waals surface area contributed by atoms with E-state index in [4.69, 9.17) is 4.74 Å². The topological polar surface area (TPSA) is 60.3 Å². The van der Waals surface area contributed by atoms with Gasteiger partial charge < -0.3 is 14.6 Å². The number of pyridine rings is 1. The van der Waals surface area contributed by atoms with Gasteiger partial charge >= 0.3 is 0 Å². The molecule has 0 bridgehead atoms. The average Bonchev–Trinajstić information content (AvgIpc) is 2.61. The van der Waals surface area contributed by atoms with Gasteiger partial charge in [0.15, 0.2) is 0 Å². The lowest BCUT2D eigenvalue weighted by molar-refractivity contribution is -0.124.